The van der Waals surface area contributed by atoms with Gasteiger partial charge in [-0.15, -0.1) is 0 Å². The van der Waals surface area contributed by atoms with Crippen LogP contribution in [0.1, 0.15) is 26.2 Å². The van der Waals surface area contributed by atoms with E-state index in [2.05, 4.69) is 17.1 Å². The fourth-order valence-electron chi connectivity index (χ4n) is 1.75. The van der Waals surface area contributed by atoms with Gasteiger partial charge in [0, 0.05) is 12.6 Å². The van der Waals surface area contributed by atoms with E-state index in [0.29, 0.717) is 12.6 Å². The highest BCUT2D eigenvalue weighted by molar-refractivity contribution is 5.51. The largest absolute Gasteiger partial charge is 0.312 e. The second-order valence-corrected chi connectivity index (χ2v) is 4.29. The van der Waals surface area contributed by atoms with Gasteiger partial charge in [-0.1, -0.05) is 6.92 Å². The van der Waals surface area contributed by atoms with E-state index in [-0.39, 0.29) is 0 Å². The minimum absolute atomic E-state index is 0.553. The van der Waals surface area contributed by atoms with Crippen LogP contribution in [0, 0.1) is 5.92 Å². The molecule has 1 aliphatic rings. The summed E-state index contributed by atoms with van der Waals surface area (Å²) in [4.78, 5) is 12.4. The zero-order chi connectivity index (χ0) is 10.4. The number of hydrogen-bond donors (Lipinski definition) is 1. The van der Waals surface area contributed by atoms with Crippen molar-refractivity contribution in [2.75, 3.05) is 26.7 Å². The van der Waals surface area contributed by atoms with Crippen LogP contribution in [0.3, 0.4) is 0 Å². The molecule has 3 heteroatoms. The first kappa shape index (κ1) is 11.7. The molecule has 0 spiro atoms. The predicted octanol–water partition coefficient (Wildman–Crippen LogP) is 0.895. The number of aldehydes is 1. The molecule has 1 N–H and O–H groups in total. The third kappa shape index (κ3) is 4.20. The third-order valence-corrected chi connectivity index (χ3v) is 2.74. The highest BCUT2D eigenvalue weighted by Gasteiger charge is 2.31. The van der Waals surface area contributed by atoms with E-state index in [1.807, 2.05) is 7.05 Å². The van der Waals surface area contributed by atoms with Crippen molar-refractivity contribution < 1.29 is 4.79 Å². The molecule has 0 aromatic rings. The van der Waals surface area contributed by atoms with Crippen LogP contribution in [0.25, 0.3) is 0 Å². The number of carbonyl (C=O) groups excluding carboxylic acids is 1. The lowest BCUT2D eigenvalue weighted by Gasteiger charge is -2.23. The van der Waals surface area contributed by atoms with Gasteiger partial charge >= 0.3 is 0 Å². The average Bonchev–Trinajstić information content (AvgIpc) is 2.95. The van der Waals surface area contributed by atoms with Crippen molar-refractivity contribution >= 4 is 6.29 Å². The number of rotatable bonds is 8. The highest BCUT2D eigenvalue weighted by atomic mass is 16.1. The number of hydrogen-bond acceptors (Lipinski definition) is 3. The lowest BCUT2D eigenvalue weighted by molar-refractivity contribution is -0.108. The Balaban J connectivity index is 2.23. The molecule has 3 nitrogen and oxygen atoms in total. The minimum Gasteiger partial charge on any atom is -0.312 e. The van der Waals surface area contributed by atoms with Gasteiger partial charge < -0.3 is 10.1 Å². The van der Waals surface area contributed by atoms with Crippen molar-refractivity contribution in [3.05, 3.63) is 0 Å². The maximum absolute atomic E-state index is 10.3. The topological polar surface area (TPSA) is 32.3 Å². The van der Waals surface area contributed by atoms with Crippen molar-refractivity contribution in [2.24, 2.45) is 5.92 Å². The quantitative estimate of drug-likeness (QED) is 0.588. The van der Waals surface area contributed by atoms with Crippen LogP contribution in [-0.2, 0) is 4.79 Å². The highest BCUT2D eigenvalue weighted by Crippen LogP contribution is 2.32. The molecule has 0 heterocycles. The number of carbonyl (C=O) groups is 1. The number of nitrogens with zero attached hydrogens (tertiary/aromatic N) is 1. The molecule has 0 amide bonds. The molecule has 0 saturated heterocycles. The predicted molar refractivity (Wildman–Crippen MR) is 58.4 cm³/mol. The first-order valence-corrected chi connectivity index (χ1v) is 5.63. The van der Waals surface area contributed by atoms with E-state index < -0.39 is 0 Å². The van der Waals surface area contributed by atoms with Gasteiger partial charge in [-0.25, -0.2) is 0 Å². The molecule has 0 radical (unpaired) electrons. The van der Waals surface area contributed by atoms with Crippen molar-refractivity contribution in [1.29, 1.82) is 0 Å². The van der Waals surface area contributed by atoms with Gasteiger partial charge in [0.25, 0.3) is 0 Å². The lowest BCUT2D eigenvalue weighted by atomic mass is 10.1. The van der Waals surface area contributed by atoms with Crippen LogP contribution < -0.4 is 5.32 Å². The van der Waals surface area contributed by atoms with E-state index in [1.54, 1.807) is 0 Å². The summed E-state index contributed by atoms with van der Waals surface area (Å²) in [5.41, 5.74) is 0. The molecule has 1 aliphatic carbocycles. The Morgan fingerprint density at radius 2 is 2.29 bits per heavy atom. The molecule has 0 bridgehead atoms. The summed E-state index contributed by atoms with van der Waals surface area (Å²) in [6.45, 7) is 4.84. The van der Waals surface area contributed by atoms with Crippen LogP contribution in [0.4, 0.5) is 0 Å². The first-order valence-electron chi connectivity index (χ1n) is 5.63. The number of nitrogens with one attached hydrogen (secondary N) is 1. The van der Waals surface area contributed by atoms with Gasteiger partial charge in [-0.05, 0) is 38.8 Å². The summed E-state index contributed by atoms with van der Waals surface area (Å²) in [6, 6.07) is 0.597. The standard InChI is InChI=1S/C11H22N2O/c1-3-6-12-11(10-4-5-10)9-13(2)7-8-14/h8,10-12H,3-7,9H2,1-2H3. The second kappa shape index (κ2) is 6.14. The van der Waals surface area contributed by atoms with Gasteiger partial charge in [0.2, 0.25) is 0 Å². The molecule has 1 fully saturated rings. The summed E-state index contributed by atoms with van der Waals surface area (Å²) in [5, 5.41) is 3.56. The smallest absolute Gasteiger partial charge is 0.133 e. The molecule has 0 aromatic carbocycles. The molecule has 0 aliphatic heterocycles. The van der Waals surface area contributed by atoms with Crippen molar-refractivity contribution in [3.8, 4) is 0 Å². The van der Waals surface area contributed by atoms with Crippen molar-refractivity contribution in [3.63, 3.8) is 0 Å². The van der Waals surface area contributed by atoms with E-state index in [0.717, 1.165) is 25.3 Å². The van der Waals surface area contributed by atoms with Gasteiger partial charge in [-0.3, -0.25) is 4.90 Å². The monoisotopic (exact) mass is 198 g/mol. The number of likely N-dealkylation sites (N-methyl/N-ethyl adjacent to an activating group) is 1. The summed E-state index contributed by atoms with van der Waals surface area (Å²) < 4.78 is 0. The fourth-order valence-corrected chi connectivity index (χ4v) is 1.75. The second-order valence-electron chi connectivity index (χ2n) is 4.29. The van der Waals surface area contributed by atoms with E-state index in [9.17, 15) is 4.79 Å². The molecule has 0 aromatic heterocycles. The fraction of sp³-hybridized carbons (Fsp3) is 0.909. The maximum Gasteiger partial charge on any atom is 0.133 e. The van der Waals surface area contributed by atoms with Gasteiger partial charge in [-0.2, -0.15) is 0 Å². The Hall–Kier alpha value is -0.410. The van der Waals surface area contributed by atoms with Crippen LogP contribution in [0.2, 0.25) is 0 Å². The summed E-state index contributed by atoms with van der Waals surface area (Å²) >= 11 is 0. The molecule has 1 rings (SSSR count). The molecular weight excluding hydrogens is 176 g/mol. The molecule has 82 valence electrons. The Bertz CT molecular complexity index is 169. The van der Waals surface area contributed by atoms with Gasteiger partial charge in [0.1, 0.15) is 6.29 Å². The Morgan fingerprint density at radius 1 is 1.57 bits per heavy atom. The molecule has 1 unspecified atom stereocenters. The third-order valence-electron chi connectivity index (χ3n) is 2.74. The maximum atomic E-state index is 10.3. The van der Waals surface area contributed by atoms with E-state index >= 15 is 0 Å². The van der Waals surface area contributed by atoms with Crippen LogP contribution in [-0.4, -0.2) is 43.9 Å². The lowest BCUT2D eigenvalue weighted by Crippen LogP contribution is -2.41. The minimum atomic E-state index is 0.553. The van der Waals surface area contributed by atoms with Crippen molar-refractivity contribution in [2.45, 2.75) is 32.2 Å². The summed E-state index contributed by atoms with van der Waals surface area (Å²) in [7, 11) is 2.01. The molecular formula is C11H22N2O. The SMILES string of the molecule is CCCNC(CN(C)CC=O)C1CC1. The van der Waals surface area contributed by atoms with Crippen LogP contribution >= 0.6 is 0 Å². The average molecular weight is 198 g/mol. The molecule has 1 atom stereocenters. The Kier molecular flexibility index (Phi) is 5.12. The van der Waals surface area contributed by atoms with Crippen LogP contribution in [0.15, 0.2) is 0 Å². The van der Waals surface area contributed by atoms with Gasteiger partial charge in [0.05, 0.1) is 6.54 Å². The zero-order valence-corrected chi connectivity index (χ0v) is 9.33. The van der Waals surface area contributed by atoms with E-state index in [4.69, 9.17) is 0 Å². The summed E-state index contributed by atoms with van der Waals surface area (Å²) in [5.74, 6) is 0.857. The van der Waals surface area contributed by atoms with E-state index in [1.165, 1.54) is 19.3 Å². The van der Waals surface area contributed by atoms with Crippen LogP contribution in [0.5, 0.6) is 0 Å². The molecule has 14 heavy (non-hydrogen) atoms. The first-order chi connectivity index (χ1) is 6.77. The molecule has 1 saturated carbocycles. The van der Waals surface area contributed by atoms with Crippen molar-refractivity contribution in [1.82, 2.24) is 10.2 Å². The Labute approximate surface area is 86.9 Å². The van der Waals surface area contributed by atoms with Gasteiger partial charge in [0.15, 0.2) is 0 Å². The zero-order valence-electron chi connectivity index (χ0n) is 9.33. The normalized spacial score (nSPS) is 18.5. The Morgan fingerprint density at radius 3 is 2.79 bits per heavy atom. The summed E-state index contributed by atoms with van der Waals surface area (Å²) in [6.07, 6.45) is 4.87.